The fraction of sp³-hybridized carbons (Fsp3) is 0.364. The molecule has 1 fully saturated rings. The number of rotatable bonds is 6. The molecule has 1 aromatic rings. The molecule has 28 heavy (non-hydrogen) atoms. The highest BCUT2D eigenvalue weighted by Crippen LogP contribution is 2.34. The highest BCUT2D eigenvalue weighted by atomic mass is 32.2. The first-order chi connectivity index (χ1) is 13.0. The number of hydrogen-bond donors (Lipinski definition) is 2. The van der Waals surface area contributed by atoms with E-state index >= 15 is 0 Å². The first kappa shape index (κ1) is 22.1. The van der Waals surface area contributed by atoms with Crippen LogP contribution in [-0.4, -0.2) is 26.5 Å². The zero-order valence-corrected chi connectivity index (χ0v) is 17.7. The Kier molecular flexibility index (Phi) is 7.01. The molecule has 150 valence electrons. The monoisotopic (exact) mass is 402 g/mol. The smallest absolute Gasteiger partial charge is 0.246 e. The second-order valence-electron chi connectivity index (χ2n) is 7.37. The van der Waals surface area contributed by atoms with E-state index in [1.807, 2.05) is 32.9 Å². The average Bonchev–Trinajstić information content (AvgIpc) is 2.87. The first-order valence-corrected chi connectivity index (χ1v) is 9.95. The average molecular weight is 403 g/mol. The van der Waals surface area contributed by atoms with Crippen molar-refractivity contribution in [3.63, 3.8) is 0 Å². The van der Waals surface area contributed by atoms with E-state index in [4.69, 9.17) is 0 Å². The van der Waals surface area contributed by atoms with Crippen molar-refractivity contribution >= 4 is 22.8 Å². The van der Waals surface area contributed by atoms with Gasteiger partial charge in [0.1, 0.15) is 10.6 Å². The number of aliphatic imine (C=N–C) groups is 1. The van der Waals surface area contributed by atoms with Crippen LogP contribution < -0.4 is 5.32 Å². The molecule has 6 heteroatoms. The van der Waals surface area contributed by atoms with Gasteiger partial charge in [0.15, 0.2) is 5.17 Å². The normalized spacial score (nSPS) is 23.8. The second-order valence-corrected chi connectivity index (χ2v) is 8.80. The van der Waals surface area contributed by atoms with Gasteiger partial charge in [-0.3, -0.25) is 9.79 Å². The van der Waals surface area contributed by atoms with Crippen LogP contribution in [-0.2, 0) is 4.79 Å². The summed E-state index contributed by atoms with van der Waals surface area (Å²) in [5.74, 6) is -0.440. The lowest BCUT2D eigenvalue weighted by molar-refractivity contribution is -0.120. The van der Waals surface area contributed by atoms with E-state index in [-0.39, 0.29) is 17.8 Å². The molecule has 1 unspecified atom stereocenters. The molecule has 0 spiro atoms. The third-order valence-electron chi connectivity index (χ3n) is 4.39. The van der Waals surface area contributed by atoms with Gasteiger partial charge in [-0.1, -0.05) is 54.3 Å². The molecule has 1 aliphatic heterocycles. The summed E-state index contributed by atoms with van der Waals surface area (Å²) in [6.45, 7) is 9.03. The van der Waals surface area contributed by atoms with E-state index in [1.54, 1.807) is 44.2 Å². The van der Waals surface area contributed by atoms with Crippen LogP contribution in [0.2, 0.25) is 0 Å². The van der Waals surface area contributed by atoms with E-state index in [2.05, 4.69) is 10.3 Å². The summed E-state index contributed by atoms with van der Waals surface area (Å²) in [4.78, 5) is 17.0. The number of benzene rings is 1. The van der Waals surface area contributed by atoms with Crippen LogP contribution in [0, 0.1) is 5.82 Å². The van der Waals surface area contributed by atoms with Gasteiger partial charge in [0.2, 0.25) is 5.91 Å². The predicted octanol–water partition coefficient (Wildman–Crippen LogP) is 4.69. The number of amidine groups is 1. The van der Waals surface area contributed by atoms with Gasteiger partial charge in [-0.25, -0.2) is 4.39 Å². The largest absolute Gasteiger partial charge is 0.386 e. The Morgan fingerprint density at radius 3 is 2.57 bits per heavy atom. The van der Waals surface area contributed by atoms with E-state index in [1.165, 1.54) is 23.9 Å². The highest BCUT2D eigenvalue weighted by Gasteiger charge is 2.40. The van der Waals surface area contributed by atoms with Crippen LogP contribution in [0.4, 0.5) is 4.39 Å². The number of hydrogen-bond acceptors (Lipinski definition) is 4. The maximum atomic E-state index is 13.1. The standard InChI is InChI=1S/C22H27FN2O2S/c1-6-8-17(21(3,4)27)9-7-14-22(5)19(26)25-20(28-22)24-15(2)16-10-12-18(23)13-11-16/h6-15,27H,1-5H3,(H,24,25,26)/b8-6-,14-7+,17-9+/t15-,22?/m0/s1. The highest BCUT2D eigenvalue weighted by molar-refractivity contribution is 8.16. The van der Waals surface area contributed by atoms with Crippen LogP contribution in [0.1, 0.15) is 46.2 Å². The Morgan fingerprint density at radius 2 is 2.00 bits per heavy atom. The quantitative estimate of drug-likeness (QED) is 0.679. The van der Waals surface area contributed by atoms with Gasteiger partial charge in [-0.05, 0) is 57.9 Å². The number of aliphatic hydroxyl groups is 1. The molecule has 2 N–H and O–H groups in total. The van der Waals surface area contributed by atoms with Crippen LogP contribution in [0.15, 0.2) is 65.2 Å². The van der Waals surface area contributed by atoms with Crippen LogP contribution >= 0.6 is 11.8 Å². The molecule has 0 saturated carbocycles. The Balaban J connectivity index is 2.16. The van der Waals surface area contributed by atoms with Crippen molar-refractivity contribution in [1.29, 1.82) is 0 Å². The second kappa shape index (κ2) is 8.88. The van der Waals surface area contributed by atoms with Gasteiger partial charge < -0.3 is 10.4 Å². The van der Waals surface area contributed by atoms with E-state index in [0.29, 0.717) is 5.17 Å². The maximum Gasteiger partial charge on any atom is 0.246 e. The minimum absolute atomic E-state index is 0.150. The molecule has 1 saturated heterocycles. The fourth-order valence-corrected chi connectivity index (χ4v) is 3.68. The van der Waals surface area contributed by atoms with Crippen LogP contribution in [0.25, 0.3) is 0 Å². The van der Waals surface area contributed by atoms with Crippen molar-refractivity contribution in [3.8, 4) is 0 Å². The number of allylic oxidation sites excluding steroid dienone is 3. The molecular weight excluding hydrogens is 375 g/mol. The molecule has 2 atom stereocenters. The van der Waals surface area contributed by atoms with Gasteiger partial charge in [0.05, 0.1) is 11.6 Å². The molecule has 0 bridgehead atoms. The van der Waals surface area contributed by atoms with Crippen molar-refractivity contribution in [2.24, 2.45) is 4.99 Å². The maximum absolute atomic E-state index is 13.1. The third-order valence-corrected chi connectivity index (χ3v) is 5.53. The topological polar surface area (TPSA) is 61.7 Å². The molecule has 0 aliphatic carbocycles. The van der Waals surface area contributed by atoms with Crippen molar-refractivity contribution in [1.82, 2.24) is 5.32 Å². The summed E-state index contributed by atoms with van der Waals surface area (Å²) in [6.07, 6.45) is 9.08. The minimum Gasteiger partial charge on any atom is -0.386 e. The Bertz CT molecular complexity index is 835. The van der Waals surface area contributed by atoms with Crippen molar-refractivity contribution < 1.29 is 14.3 Å². The summed E-state index contributed by atoms with van der Waals surface area (Å²) in [7, 11) is 0. The summed E-state index contributed by atoms with van der Waals surface area (Å²) in [5.41, 5.74) is 0.647. The molecule has 0 aromatic heterocycles. The van der Waals surface area contributed by atoms with Crippen molar-refractivity contribution in [3.05, 3.63) is 71.6 Å². The summed E-state index contributed by atoms with van der Waals surface area (Å²) in [5, 5.41) is 13.6. The molecule has 2 rings (SSSR count). The van der Waals surface area contributed by atoms with E-state index in [0.717, 1.165) is 11.1 Å². The predicted molar refractivity (Wildman–Crippen MR) is 115 cm³/mol. The van der Waals surface area contributed by atoms with Crippen LogP contribution in [0.5, 0.6) is 0 Å². The Hall–Kier alpha value is -2.18. The zero-order chi connectivity index (χ0) is 20.9. The summed E-state index contributed by atoms with van der Waals surface area (Å²) in [6, 6.07) is 5.97. The van der Waals surface area contributed by atoms with Gasteiger partial charge in [-0.2, -0.15) is 0 Å². The SMILES string of the molecule is C\C=C/C(=C\C=C\C1(C)SC(=N[C@@H](C)c2ccc(F)cc2)NC1=O)C(C)(C)O. The molecule has 1 amide bonds. The summed E-state index contributed by atoms with van der Waals surface area (Å²) < 4.78 is 12.3. The van der Waals surface area contributed by atoms with Crippen LogP contribution in [0.3, 0.4) is 0 Å². The van der Waals surface area contributed by atoms with Gasteiger partial charge in [-0.15, -0.1) is 0 Å². The number of carbonyl (C=O) groups excluding carboxylic acids is 1. The lowest BCUT2D eigenvalue weighted by Gasteiger charge is -2.18. The molecule has 1 heterocycles. The fourth-order valence-electron chi connectivity index (χ4n) is 2.63. The van der Waals surface area contributed by atoms with Crippen molar-refractivity contribution in [2.75, 3.05) is 0 Å². The Labute approximate surface area is 170 Å². The van der Waals surface area contributed by atoms with Gasteiger partial charge in [0.25, 0.3) is 0 Å². The van der Waals surface area contributed by atoms with E-state index < -0.39 is 10.3 Å². The molecule has 0 radical (unpaired) electrons. The lowest BCUT2D eigenvalue weighted by atomic mass is 9.97. The van der Waals surface area contributed by atoms with Crippen molar-refractivity contribution in [2.45, 2.75) is 51.0 Å². The van der Waals surface area contributed by atoms with Gasteiger partial charge in [0, 0.05) is 0 Å². The van der Waals surface area contributed by atoms with E-state index in [9.17, 15) is 14.3 Å². The number of halogens is 1. The van der Waals surface area contributed by atoms with Gasteiger partial charge >= 0.3 is 0 Å². The zero-order valence-electron chi connectivity index (χ0n) is 16.9. The first-order valence-electron chi connectivity index (χ1n) is 9.14. The molecule has 1 aliphatic rings. The molecule has 4 nitrogen and oxygen atoms in total. The minimum atomic E-state index is -0.972. The number of nitrogens with one attached hydrogen (secondary N) is 1. The number of amides is 1. The molecular formula is C22H27FN2O2S. The Morgan fingerprint density at radius 1 is 1.36 bits per heavy atom. The molecule has 1 aromatic carbocycles. The lowest BCUT2D eigenvalue weighted by Crippen LogP contribution is -2.32. The summed E-state index contributed by atoms with van der Waals surface area (Å²) >= 11 is 1.34. The number of carbonyl (C=O) groups is 1. The number of nitrogens with zero attached hydrogens (tertiary/aromatic N) is 1. The third kappa shape index (κ3) is 5.66. The number of thioether (sulfide) groups is 1.